The Morgan fingerprint density at radius 3 is 2.71 bits per heavy atom. The van der Waals surface area contributed by atoms with Crippen LogP contribution < -0.4 is 5.32 Å². The molecule has 0 amide bonds. The van der Waals surface area contributed by atoms with E-state index in [2.05, 4.69) is 48.6 Å². The highest BCUT2D eigenvalue weighted by Crippen LogP contribution is 2.27. The third-order valence-electron chi connectivity index (χ3n) is 3.47. The van der Waals surface area contributed by atoms with Crippen LogP contribution in [0.3, 0.4) is 0 Å². The molecule has 0 aliphatic carbocycles. The highest BCUT2D eigenvalue weighted by atomic mass is 16.5. The fourth-order valence-electron chi connectivity index (χ4n) is 2.54. The lowest BCUT2D eigenvalue weighted by atomic mass is 9.96. The van der Waals surface area contributed by atoms with Gasteiger partial charge in [-0.2, -0.15) is 0 Å². The van der Waals surface area contributed by atoms with E-state index in [0.29, 0.717) is 6.04 Å². The lowest BCUT2D eigenvalue weighted by Crippen LogP contribution is -2.34. The molecule has 1 fully saturated rings. The summed E-state index contributed by atoms with van der Waals surface area (Å²) in [4.78, 5) is 0. The predicted octanol–water partition coefficient (Wildman–Crippen LogP) is 2.81. The van der Waals surface area contributed by atoms with Crippen LogP contribution in [-0.4, -0.2) is 19.8 Å². The topological polar surface area (TPSA) is 21.3 Å². The lowest BCUT2D eigenvalue weighted by molar-refractivity contribution is 0.0773. The minimum absolute atomic E-state index is 0.328. The van der Waals surface area contributed by atoms with Gasteiger partial charge in [0.1, 0.15) is 0 Å². The second-order valence-electron chi connectivity index (χ2n) is 4.60. The molecule has 2 aromatic rings. The summed E-state index contributed by atoms with van der Waals surface area (Å²) in [5, 5.41) is 6.21. The Balaban J connectivity index is 2.12. The van der Waals surface area contributed by atoms with Crippen molar-refractivity contribution in [3.05, 3.63) is 47.5 Å². The summed E-state index contributed by atoms with van der Waals surface area (Å²) >= 11 is 0. The highest BCUT2D eigenvalue weighted by molar-refractivity contribution is 5.88. The van der Waals surface area contributed by atoms with Crippen LogP contribution in [0.5, 0.6) is 0 Å². The second-order valence-corrected chi connectivity index (χ2v) is 4.60. The molecule has 1 saturated heterocycles. The second kappa shape index (κ2) is 4.47. The van der Waals surface area contributed by atoms with Crippen molar-refractivity contribution in [2.45, 2.75) is 13.0 Å². The third-order valence-corrected chi connectivity index (χ3v) is 3.47. The largest absolute Gasteiger partial charge is 0.378 e. The van der Waals surface area contributed by atoms with Crippen molar-refractivity contribution >= 4 is 10.8 Å². The van der Waals surface area contributed by atoms with Crippen molar-refractivity contribution in [3.8, 4) is 0 Å². The number of fused-ring (bicyclic) bond motifs is 1. The quantitative estimate of drug-likeness (QED) is 0.809. The molecule has 0 saturated carbocycles. The van der Waals surface area contributed by atoms with E-state index >= 15 is 0 Å². The number of aryl methyl sites for hydroxylation is 1. The Morgan fingerprint density at radius 1 is 1.12 bits per heavy atom. The maximum Gasteiger partial charge on any atom is 0.0662 e. The summed E-state index contributed by atoms with van der Waals surface area (Å²) in [6.07, 6.45) is 0. The van der Waals surface area contributed by atoms with E-state index in [1.165, 1.54) is 21.9 Å². The monoisotopic (exact) mass is 227 g/mol. The molecular formula is C15H17NO. The van der Waals surface area contributed by atoms with E-state index in [9.17, 15) is 0 Å². The molecule has 0 radical (unpaired) electrons. The molecule has 0 aromatic heterocycles. The summed E-state index contributed by atoms with van der Waals surface area (Å²) < 4.78 is 5.55. The van der Waals surface area contributed by atoms with Crippen LogP contribution in [-0.2, 0) is 4.74 Å². The van der Waals surface area contributed by atoms with Gasteiger partial charge in [-0.05, 0) is 28.8 Å². The molecule has 17 heavy (non-hydrogen) atoms. The summed E-state index contributed by atoms with van der Waals surface area (Å²) in [6, 6.07) is 13.4. The molecule has 1 heterocycles. The first kappa shape index (κ1) is 10.8. The highest BCUT2D eigenvalue weighted by Gasteiger charge is 2.17. The Hall–Kier alpha value is -1.38. The van der Waals surface area contributed by atoms with Crippen LogP contribution in [0.2, 0.25) is 0 Å². The van der Waals surface area contributed by atoms with Crippen LogP contribution >= 0.6 is 0 Å². The first-order chi connectivity index (χ1) is 8.36. The van der Waals surface area contributed by atoms with Crippen molar-refractivity contribution in [1.82, 2.24) is 5.32 Å². The first-order valence-electron chi connectivity index (χ1n) is 6.15. The van der Waals surface area contributed by atoms with Gasteiger partial charge in [-0.3, -0.25) is 0 Å². The average molecular weight is 227 g/mol. The molecule has 1 atom stereocenters. The van der Waals surface area contributed by atoms with E-state index in [0.717, 1.165) is 19.8 Å². The number of morpholine rings is 1. The van der Waals surface area contributed by atoms with E-state index in [4.69, 9.17) is 4.74 Å². The van der Waals surface area contributed by atoms with Gasteiger partial charge in [0.15, 0.2) is 0 Å². The van der Waals surface area contributed by atoms with Crippen molar-refractivity contribution in [2.24, 2.45) is 0 Å². The summed E-state index contributed by atoms with van der Waals surface area (Å²) in [5.41, 5.74) is 2.69. The fourth-order valence-corrected chi connectivity index (χ4v) is 2.54. The number of hydrogen-bond acceptors (Lipinski definition) is 2. The molecule has 2 heteroatoms. The van der Waals surface area contributed by atoms with Gasteiger partial charge in [-0.15, -0.1) is 0 Å². The van der Waals surface area contributed by atoms with Gasteiger partial charge >= 0.3 is 0 Å². The molecule has 2 aromatic carbocycles. The van der Waals surface area contributed by atoms with Crippen LogP contribution in [0.25, 0.3) is 10.8 Å². The summed E-state index contributed by atoms with van der Waals surface area (Å²) in [5.74, 6) is 0. The Morgan fingerprint density at radius 2 is 1.94 bits per heavy atom. The molecule has 1 aliphatic rings. The molecule has 0 unspecified atom stereocenters. The minimum atomic E-state index is 0.328. The van der Waals surface area contributed by atoms with Gasteiger partial charge < -0.3 is 10.1 Å². The molecule has 3 rings (SSSR count). The number of hydrogen-bond donors (Lipinski definition) is 1. The molecule has 2 nitrogen and oxygen atoms in total. The first-order valence-corrected chi connectivity index (χ1v) is 6.15. The van der Waals surface area contributed by atoms with Crippen molar-refractivity contribution < 1.29 is 4.74 Å². The van der Waals surface area contributed by atoms with Crippen molar-refractivity contribution in [1.29, 1.82) is 0 Å². The van der Waals surface area contributed by atoms with Crippen molar-refractivity contribution in [2.75, 3.05) is 19.8 Å². The zero-order chi connectivity index (χ0) is 11.7. The third kappa shape index (κ3) is 1.94. The maximum atomic E-state index is 5.55. The molecule has 0 spiro atoms. The summed E-state index contributed by atoms with van der Waals surface area (Å²) in [6.45, 7) is 4.69. The van der Waals surface area contributed by atoms with E-state index < -0.39 is 0 Å². The SMILES string of the molecule is Cc1ccc([C@@H]2COCCN2)c2ccccc12. The van der Waals surface area contributed by atoms with E-state index in [1.54, 1.807) is 0 Å². The Labute approximate surface area is 102 Å². The number of benzene rings is 2. The lowest BCUT2D eigenvalue weighted by Gasteiger charge is -2.25. The summed E-state index contributed by atoms with van der Waals surface area (Å²) in [7, 11) is 0. The molecular weight excluding hydrogens is 210 g/mol. The van der Waals surface area contributed by atoms with Gasteiger partial charge in [0.05, 0.1) is 19.3 Å². The molecule has 1 N–H and O–H groups in total. The maximum absolute atomic E-state index is 5.55. The van der Waals surface area contributed by atoms with Crippen LogP contribution in [0, 0.1) is 6.92 Å². The molecule has 1 aliphatic heterocycles. The minimum Gasteiger partial charge on any atom is -0.378 e. The molecule has 88 valence electrons. The van der Waals surface area contributed by atoms with Gasteiger partial charge in [-0.1, -0.05) is 36.4 Å². The van der Waals surface area contributed by atoms with Crippen LogP contribution in [0.4, 0.5) is 0 Å². The zero-order valence-electron chi connectivity index (χ0n) is 10.1. The fraction of sp³-hybridized carbons (Fsp3) is 0.333. The average Bonchev–Trinajstić information content (AvgIpc) is 2.41. The normalized spacial score (nSPS) is 20.6. The number of ether oxygens (including phenoxy) is 1. The van der Waals surface area contributed by atoms with E-state index in [1.807, 2.05) is 0 Å². The zero-order valence-corrected chi connectivity index (χ0v) is 10.1. The Kier molecular flexibility index (Phi) is 2.83. The van der Waals surface area contributed by atoms with Gasteiger partial charge in [0, 0.05) is 6.54 Å². The van der Waals surface area contributed by atoms with Gasteiger partial charge in [0.25, 0.3) is 0 Å². The number of nitrogens with one attached hydrogen (secondary N) is 1. The molecule has 0 bridgehead atoms. The predicted molar refractivity (Wildman–Crippen MR) is 70.2 cm³/mol. The standard InChI is InChI=1S/C15H17NO/c1-11-6-7-14(15-10-17-9-8-16-15)13-5-3-2-4-12(11)13/h2-7,15-16H,8-10H2,1H3/t15-/m0/s1. The van der Waals surface area contributed by atoms with E-state index in [-0.39, 0.29) is 0 Å². The van der Waals surface area contributed by atoms with Gasteiger partial charge in [-0.25, -0.2) is 0 Å². The number of rotatable bonds is 1. The van der Waals surface area contributed by atoms with Crippen molar-refractivity contribution in [3.63, 3.8) is 0 Å². The van der Waals surface area contributed by atoms with Crippen LogP contribution in [0.1, 0.15) is 17.2 Å². The van der Waals surface area contributed by atoms with Crippen LogP contribution in [0.15, 0.2) is 36.4 Å². The Bertz CT molecular complexity index is 529. The smallest absolute Gasteiger partial charge is 0.0662 e. The van der Waals surface area contributed by atoms with Gasteiger partial charge in [0.2, 0.25) is 0 Å².